The Morgan fingerprint density at radius 3 is 2.00 bits per heavy atom. The Morgan fingerprint density at radius 1 is 0.825 bits per heavy atom. The van der Waals surface area contributed by atoms with Gasteiger partial charge in [0.15, 0.2) is 0 Å². The van der Waals surface area contributed by atoms with E-state index in [-0.39, 0.29) is 21.7 Å². The summed E-state index contributed by atoms with van der Waals surface area (Å²) in [5.41, 5.74) is 2.02. The van der Waals surface area contributed by atoms with Crippen LogP contribution < -0.4 is 10.2 Å². The highest BCUT2D eigenvalue weighted by Crippen LogP contribution is 2.24. The number of benzene rings is 3. The topological polar surface area (TPSA) is 73.0 Å². The fourth-order valence-corrected chi connectivity index (χ4v) is 6.67. The van der Waals surface area contributed by atoms with E-state index in [2.05, 4.69) is 27.2 Å². The largest absolute Gasteiger partial charge is 0.382 e. The van der Waals surface area contributed by atoms with Gasteiger partial charge in [0.2, 0.25) is 15.7 Å². The lowest BCUT2D eigenvalue weighted by Crippen LogP contribution is -2.48. The normalized spacial score (nSPS) is 17.1. The van der Waals surface area contributed by atoms with E-state index in [0.717, 1.165) is 68.4 Å². The van der Waals surface area contributed by atoms with Gasteiger partial charge in [-0.3, -0.25) is 9.69 Å². The molecule has 40 heavy (non-hydrogen) atoms. The highest BCUT2D eigenvalue weighted by Gasteiger charge is 2.24. The first-order valence-corrected chi connectivity index (χ1v) is 15.5. The molecule has 1 N–H and O–H groups in total. The predicted octanol–water partition coefficient (Wildman–Crippen LogP) is 4.93. The lowest BCUT2D eigenvalue weighted by Gasteiger charge is -2.37. The molecule has 2 aliphatic rings. The van der Waals surface area contributed by atoms with Crippen LogP contribution in [0.1, 0.15) is 19.3 Å². The lowest BCUT2D eigenvalue weighted by atomic mass is 10.0. The van der Waals surface area contributed by atoms with Crippen LogP contribution in [0, 0.1) is 5.82 Å². The number of rotatable bonds is 8. The summed E-state index contributed by atoms with van der Waals surface area (Å²) in [6, 6.07) is 19.6. The number of nitrogens with one attached hydrogen (secondary N) is 1. The van der Waals surface area contributed by atoms with Gasteiger partial charge in [-0.25, -0.2) is 12.8 Å². The second-order valence-electron chi connectivity index (χ2n) is 10.3. The van der Waals surface area contributed by atoms with Crippen molar-refractivity contribution in [3.63, 3.8) is 0 Å². The molecule has 2 heterocycles. The molecular weight excluding hydrogens is 551 g/mol. The minimum absolute atomic E-state index is 0.0619. The molecule has 0 unspecified atom stereocenters. The van der Waals surface area contributed by atoms with Crippen molar-refractivity contribution in [2.24, 2.45) is 0 Å². The molecule has 1 amide bonds. The second-order valence-corrected chi connectivity index (χ2v) is 12.7. The number of nitrogens with zero attached hydrogens (tertiary/aromatic N) is 3. The Kier molecular flexibility index (Phi) is 8.93. The molecule has 0 atom stereocenters. The molecule has 0 aromatic heterocycles. The van der Waals surface area contributed by atoms with E-state index >= 15 is 0 Å². The highest BCUT2D eigenvalue weighted by atomic mass is 35.5. The van der Waals surface area contributed by atoms with Crippen LogP contribution in [0.25, 0.3) is 0 Å². The third-order valence-electron chi connectivity index (χ3n) is 7.71. The number of anilines is 2. The molecule has 2 fully saturated rings. The third-order valence-corrected chi connectivity index (χ3v) is 9.75. The predicted molar refractivity (Wildman–Crippen MR) is 156 cm³/mol. The molecule has 5 rings (SSSR count). The molecule has 0 radical (unpaired) electrons. The van der Waals surface area contributed by atoms with Gasteiger partial charge in [-0.2, -0.15) is 0 Å². The van der Waals surface area contributed by atoms with Crippen LogP contribution in [0.2, 0.25) is 5.02 Å². The van der Waals surface area contributed by atoms with Gasteiger partial charge < -0.3 is 15.1 Å². The van der Waals surface area contributed by atoms with Crippen LogP contribution in [-0.4, -0.2) is 76.0 Å². The number of halogens is 2. The van der Waals surface area contributed by atoms with Crippen molar-refractivity contribution < 1.29 is 17.6 Å². The number of piperazine rings is 1. The molecule has 212 valence electrons. The zero-order valence-electron chi connectivity index (χ0n) is 22.3. The maximum Gasteiger partial charge on any atom is 0.223 e. The summed E-state index contributed by atoms with van der Waals surface area (Å²) < 4.78 is 38.8. The zero-order valence-corrected chi connectivity index (χ0v) is 23.9. The van der Waals surface area contributed by atoms with E-state index in [4.69, 9.17) is 11.6 Å². The first-order valence-electron chi connectivity index (χ1n) is 13.7. The second kappa shape index (κ2) is 12.6. The number of piperidine rings is 1. The van der Waals surface area contributed by atoms with Crippen LogP contribution >= 0.6 is 11.6 Å². The van der Waals surface area contributed by atoms with E-state index in [1.807, 2.05) is 17.0 Å². The van der Waals surface area contributed by atoms with Crippen LogP contribution in [0.4, 0.5) is 15.8 Å². The number of sulfone groups is 1. The number of hydrogen-bond donors (Lipinski definition) is 1. The molecule has 3 aromatic rings. The molecule has 7 nitrogen and oxygen atoms in total. The average molecular weight is 585 g/mol. The Bertz CT molecular complexity index is 1390. The zero-order chi connectivity index (χ0) is 28.1. The number of carbonyl (C=O) groups excluding carboxylic acids is 1. The van der Waals surface area contributed by atoms with Crippen molar-refractivity contribution in [3.8, 4) is 0 Å². The molecule has 0 aliphatic carbocycles. The first-order chi connectivity index (χ1) is 19.3. The van der Waals surface area contributed by atoms with Gasteiger partial charge >= 0.3 is 0 Å². The summed E-state index contributed by atoms with van der Waals surface area (Å²) in [5.74, 6) is -0.274. The van der Waals surface area contributed by atoms with Gasteiger partial charge in [0.1, 0.15) is 5.82 Å². The number of likely N-dealkylation sites (tertiary alicyclic amines) is 1. The van der Waals surface area contributed by atoms with Gasteiger partial charge in [-0.15, -0.1) is 0 Å². The Labute approximate surface area is 240 Å². The molecule has 0 saturated carbocycles. The minimum atomic E-state index is -3.70. The molecule has 0 bridgehead atoms. The van der Waals surface area contributed by atoms with Crippen LogP contribution in [-0.2, 0) is 14.6 Å². The summed E-state index contributed by atoms with van der Waals surface area (Å²) in [5, 5.41) is 4.21. The van der Waals surface area contributed by atoms with Crippen LogP contribution in [0.15, 0.2) is 82.6 Å². The summed E-state index contributed by atoms with van der Waals surface area (Å²) in [6.07, 6.45) is 2.20. The lowest BCUT2D eigenvalue weighted by molar-refractivity contribution is -0.132. The maximum absolute atomic E-state index is 13.2. The van der Waals surface area contributed by atoms with Crippen molar-refractivity contribution in [2.45, 2.75) is 35.1 Å². The van der Waals surface area contributed by atoms with Crippen molar-refractivity contribution in [2.75, 3.05) is 56.0 Å². The molecule has 10 heteroatoms. The van der Waals surface area contributed by atoms with Crippen molar-refractivity contribution in [3.05, 3.63) is 83.6 Å². The quantitative estimate of drug-likeness (QED) is 0.379. The van der Waals surface area contributed by atoms with Crippen molar-refractivity contribution in [1.29, 1.82) is 0 Å². The fourth-order valence-electron chi connectivity index (χ4n) is 5.28. The first kappa shape index (κ1) is 28.4. The van der Waals surface area contributed by atoms with E-state index in [9.17, 15) is 17.6 Å². The van der Waals surface area contributed by atoms with E-state index < -0.39 is 15.7 Å². The summed E-state index contributed by atoms with van der Waals surface area (Å²) in [6.45, 7) is 5.93. The summed E-state index contributed by atoms with van der Waals surface area (Å²) in [7, 11) is -3.70. The highest BCUT2D eigenvalue weighted by molar-refractivity contribution is 7.91. The van der Waals surface area contributed by atoms with Crippen LogP contribution in [0.5, 0.6) is 0 Å². The standard InChI is InChI=1S/C30H34ClFN4O3S/c31-23-1-7-27(8-2-23)35-21-19-34(20-22-35)16-15-30(37)36-17-13-26(14-18-36)33-25-5-11-29(12-6-25)40(38,39)28-9-3-24(32)4-10-28/h1-12,26,33H,13-22H2. The molecule has 2 saturated heterocycles. The number of carbonyl (C=O) groups is 1. The van der Waals surface area contributed by atoms with Gasteiger partial charge in [0.05, 0.1) is 9.79 Å². The van der Waals surface area contributed by atoms with E-state index in [1.54, 1.807) is 24.3 Å². The SMILES string of the molecule is O=C(CCN1CCN(c2ccc(Cl)cc2)CC1)N1CCC(Nc2ccc(S(=O)(=O)c3ccc(F)cc3)cc2)CC1. The monoisotopic (exact) mass is 584 g/mol. The molecule has 3 aromatic carbocycles. The Balaban J connectivity index is 1.03. The molecule has 0 spiro atoms. The van der Waals surface area contributed by atoms with Crippen LogP contribution in [0.3, 0.4) is 0 Å². The Hall–Kier alpha value is -3.14. The minimum Gasteiger partial charge on any atom is -0.382 e. The fraction of sp³-hybridized carbons (Fsp3) is 0.367. The van der Waals surface area contributed by atoms with E-state index in [0.29, 0.717) is 19.5 Å². The average Bonchev–Trinajstić information content (AvgIpc) is 2.97. The van der Waals surface area contributed by atoms with Crippen molar-refractivity contribution >= 4 is 38.7 Å². The van der Waals surface area contributed by atoms with Crippen molar-refractivity contribution in [1.82, 2.24) is 9.80 Å². The number of amides is 1. The summed E-state index contributed by atoms with van der Waals surface area (Å²) >= 11 is 6.00. The van der Waals surface area contributed by atoms with E-state index in [1.165, 1.54) is 17.8 Å². The third kappa shape index (κ3) is 6.95. The maximum atomic E-state index is 13.2. The smallest absolute Gasteiger partial charge is 0.223 e. The van der Waals surface area contributed by atoms with Gasteiger partial charge in [-0.05, 0) is 85.6 Å². The van der Waals surface area contributed by atoms with Gasteiger partial charge in [0.25, 0.3) is 0 Å². The Morgan fingerprint density at radius 2 is 1.40 bits per heavy atom. The number of hydrogen-bond acceptors (Lipinski definition) is 6. The molecule has 2 aliphatic heterocycles. The van der Waals surface area contributed by atoms with Gasteiger partial charge in [0, 0.05) is 74.7 Å². The van der Waals surface area contributed by atoms with Gasteiger partial charge in [-0.1, -0.05) is 11.6 Å². The summed E-state index contributed by atoms with van der Waals surface area (Å²) in [4.78, 5) is 19.8. The molecular formula is C30H34ClFN4O3S.